The predicted molar refractivity (Wildman–Crippen MR) is 59.9 cm³/mol. The normalized spacial score (nSPS) is 11.2. The maximum atomic E-state index is 11.5. The van der Waals surface area contributed by atoms with Gasteiger partial charge < -0.3 is 9.47 Å². The van der Waals surface area contributed by atoms with Gasteiger partial charge in [0.25, 0.3) is 0 Å². The molecule has 0 aliphatic carbocycles. The van der Waals surface area contributed by atoms with Gasteiger partial charge in [-0.3, -0.25) is 14.9 Å². The molecule has 0 heterocycles. The minimum absolute atomic E-state index is 0.147. The Kier molecular flexibility index (Phi) is 6.92. The zero-order valence-electron chi connectivity index (χ0n) is 10.5. The van der Waals surface area contributed by atoms with E-state index in [1.54, 1.807) is 13.8 Å². The maximum Gasteiger partial charge on any atom is 0.311 e. The Morgan fingerprint density at radius 2 is 1.94 bits per heavy atom. The van der Waals surface area contributed by atoms with Crippen molar-refractivity contribution in [1.29, 1.82) is 0 Å². The van der Waals surface area contributed by atoms with Gasteiger partial charge in [0.05, 0.1) is 18.7 Å². The first kappa shape index (κ1) is 15.1. The Labute approximate surface area is 96.5 Å². The fourth-order valence-electron chi connectivity index (χ4n) is 0.829. The zero-order valence-corrected chi connectivity index (χ0v) is 10.5. The first-order valence-corrected chi connectivity index (χ1v) is 5.32. The lowest BCUT2D eigenvalue weighted by Crippen LogP contribution is -2.31. The Bertz CT molecular complexity index is 238. The van der Waals surface area contributed by atoms with E-state index in [0.29, 0.717) is 13.2 Å². The van der Waals surface area contributed by atoms with E-state index in [1.165, 1.54) is 7.11 Å². The van der Waals surface area contributed by atoms with Gasteiger partial charge in [0.15, 0.2) is 12.4 Å². The molecule has 5 heteroatoms. The van der Waals surface area contributed by atoms with Crippen molar-refractivity contribution >= 4 is 11.8 Å². The zero-order chi connectivity index (χ0) is 12.6. The third-order valence-electron chi connectivity index (χ3n) is 2.37. The van der Waals surface area contributed by atoms with Crippen LogP contribution >= 0.6 is 0 Å². The average Bonchev–Trinajstić information content (AvgIpc) is 2.26. The highest BCUT2D eigenvalue weighted by atomic mass is 16.5. The highest BCUT2D eigenvalue weighted by Crippen LogP contribution is 2.21. The van der Waals surface area contributed by atoms with Crippen LogP contribution in [-0.4, -0.2) is 38.7 Å². The van der Waals surface area contributed by atoms with Crippen molar-refractivity contribution in [3.63, 3.8) is 0 Å². The van der Waals surface area contributed by atoms with Gasteiger partial charge in [0, 0.05) is 7.11 Å². The van der Waals surface area contributed by atoms with E-state index in [1.807, 2.05) is 6.92 Å². The Hall–Kier alpha value is -0.940. The van der Waals surface area contributed by atoms with Gasteiger partial charge in [-0.05, 0) is 20.3 Å². The number of Topliss-reactive ketones (excluding diaryl/α,β-unsaturated/α-hetero) is 1. The summed E-state index contributed by atoms with van der Waals surface area (Å²) in [6, 6.07) is 0. The summed E-state index contributed by atoms with van der Waals surface area (Å²) in [5.41, 5.74) is -0.528. The number of carbonyl (C=O) groups is 2. The minimum Gasteiger partial charge on any atom is -0.457 e. The van der Waals surface area contributed by atoms with Crippen LogP contribution in [0, 0.1) is 5.41 Å². The molecule has 0 aromatic carbocycles. The SMILES string of the molecule is CCC(C)(C)C(=O)OCC(=O)CNCOC. The average molecular weight is 231 g/mol. The van der Waals surface area contributed by atoms with E-state index < -0.39 is 5.41 Å². The largest absolute Gasteiger partial charge is 0.457 e. The van der Waals surface area contributed by atoms with Crippen molar-refractivity contribution in [3.05, 3.63) is 0 Å². The number of carbonyl (C=O) groups excluding carboxylic acids is 2. The highest BCUT2D eigenvalue weighted by Gasteiger charge is 2.27. The molecule has 0 fully saturated rings. The molecule has 5 nitrogen and oxygen atoms in total. The summed E-state index contributed by atoms with van der Waals surface area (Å²) in [5.74, 6) is -0.507. The molecule has 1 N–H and O–H groups in total. The summed E-state index contributed by atoms with van der Waals surface area (Å²) in [7, 11) is 1.53. The molecular formula is C11H21NO4. The molecule has 16 heavy (non-hydrogen) atoms. The van der Waals surface area contributed by atoms with Crippen molar-refractivity contribution in [2.75, 3.05) is 27.0 Å². The molecule has 0 radical (unpaired) electrons. The summed E-state index contributed by atoms with van der Waals surface area (Å²) in [6.07, 6.45) is 0.682. The quantitative estimate of drug-likeness (QED) is 0.379. The second-order valence-corrected chi connectivity index (χ2v) is 4.21. The van der Waals surface area contributed by atoms with E-state index in [9.17, 15) is 9.59 Å². The number of esters is 1. The van der Waals surface area contributed by atoms with Crippen molar-refractivity contribution in [2.45, 2.75) is 27.2 Å². The van der Waals surface area contributed by atoms with Crippen LogP contribution in [0.1, 0.15) is 27.2 Å². The van der Waals surface area contributed by atoms with Crippen LogP contribution in [0.4, 0.5) is 0 Å². The molecule has 0 amide bonds. The number of hydrogen-bond acceptors (Lipinski definition) is 5. The van der Waals surface area contributed by atoms with Gasteiger partial charge >= 0.3 is 5.97 Å². The fraction of sp³-hybridized carbons (Fsp3) is 0.818. The fourth-order valence-corrected chi connectivity index (χ4v) is 0.829. The molecule has 0 aliphatic heterocycles. The van der Waals surface area contributed by atoms with Crippen LogP contribution in [0.25, 0.3) is 0 Å². The summed E-state index contributed by atoms with van der Waals surface area (Å²) < 4.78 is 9.64. The maximum absolute atomic E-state index is 11.5. The molecule has 0 aromatic heterocycles. The molecule has 0 bridgehead atoms. The topological polar surface area (TPSA) is 64.6 Å². The minimum atomic E-state index is -0.528. The first-order chi connectivity index (χ1) is 7.44. The lowest BCUT2D eigenvalue weighted by atomic mass is 9.91. The summed E-state index contributed by atoms with van der Waals surface area (Å²) in [5, 5.41) is 2.75. The Morgan fingerprint density at radius 1 is 1.31 bits per heavy atom. The van der Waals surface area contributed by atoms with Gasteiger partial charge in [-0.15, -0.1) is 0 Å². The Morgan fingerprint density at radius 3 is 2.44 bits per heavy atom. The van der Waals surface area contributed by atoms with Crippen molar-refractivity contribution in [2.24, 2.45) is 5.41 Å². The molecule has 0 saturated carbocycles. The molecular weight excluding hydrogens is 210 g/mol. The van der Waals surface area contributed by atoms with E-state index in [4.69, 9.17) is 9.47 Å². The highest BCUT2D eigenvalue weighted by molar-refractivity contribution is 5.85. The second kappa shape index (κ2) is 7.35. The molecule has 0 atom stereocenters. The molecule has 0 aromatic rings. The van der Waals surface area contributed by atoms with Gasteiger partial charge in [-0.1, -0.05) is 6.92 Å². The first-order valence-electron chi connectivity index (χ1n) is 5.32. The molecule has 0 saturated heterocycles. The molecule has 0 unspecified atom stereocenters. The number of nitrogens with one attached hydrogen (secondary N) is 1. The van der Waals surface area contributed by atoms with Crippen LogP contribution in [0.3, 0.4) is 0 Å². The van der Waals surface area contributed by atoms with Crippen LogP contribution < -0.4 is 5.32 Å². The number of methoxy groups -OCH3 is 1. The van der Waals surface area contributed by atoms with Crippen molar-refractivity contribution in [3.8, 4) is 0 Å². The lowest BCUT2D eigenvalue weighted by molar-refractivity contribution is -0.156. The van der Waals surface area contributed by atoms with Gasteiger partial charge in [-0.25, -0.2) is 0 Å². The number of hydrogen-bond donors (Lipinski definition) is 1. The molecule has 0 rings (SSSR count). The van der Waals surface area contributed by atoms with Crippen LogP contribution in [0.15, 0.2) is 0 Å². The third kappa shape index (κ3) is 5.82. The van der Waals surface area contributed by atoms with Gasteiger partial charge in [0.2, 0.25) is 0 Å². The summed E-state index contributed by atoms with van der Waals surface area (Å²) >= 11 is 0. The standard InChI is InChI=1S/C11H21NO4/c1-5-11(2,3)10(14)16-7-9(13)6-12-8-15-4/h12H,5-8H2,1-4H3. The third-order valence-corrected chi connectivity index (χ3v) is 2.37. The monoisotopic (exact) mass is 231 g/mol. The van der Waals surface area contributed by atoms with Crippen molar-refractivity contribution < 1.29 is 19.1 Å². The van der Waals surface area contributed by atoms with Crippen LogP contribution in [-0.2, 0) is 19.1 Å². The molecule has 0 aliphatic rings. The van der Waals surface area contributed by atoms with E-state index >= 15 is 0 Å². The van der Waals surface area contributed by atoms with Crippen LogP contribution in [0.5, 0.6) is 0 Å². The lowest BCUT2D eigenvalue weighted by Gasteiger charge is -2.19. The number of ketones is 1. The molecule has 94 valence electrons. The van der Waals surface area contributed by atoms with E-state index in [0.717, 1.165) is 0 Å². The van der Waals surface area contributed by atoms with Crippen molar-refractivity contribution in [1.82, 2.24) is 5.32 Å². The summed E-state index contributed by atoms with van der Waals surface area (Å²) in [4.78, 5) is 22.8. The number of ether oxygens (including phenoxy) is 2. The summed E-state index contributed by atoms with van der Waals surface area (Å²) in [6.45, 7) is 5.77. The van der Waals surface area contributed by atoms with Gasteiger partial charge in [-0.2, -0.15) is 0 Å². The second-order valence-electron chi connectivity index (χ2n) is 4.21. The van der Waals surface area contributed by atoms with Gasteiger partial charge in [0.1, 0.15) is 0 Å². The van der Waals surface area contributed by atoms with E-state index in [-0.39, 0.29) is 24.9 Å². The smallest absolute Gasteiger partial charge is 0.311 e. The molecule has 0 spiro atoms. The van der Waals surface area contributed by atoms with Crippen LogP contribution in [0.2, 0.25) is 0 Å². The predicted octanol–water partition coefficient (Wildman–Crippen LogP) is 0.728. The van der Waals surface area contributed by atoms with E-state index in [2.05, 4.69) is 5.32 Å². The Balaban J connectivity index is 3.80. The number of rotatable bonds is 8.